The molecule has 0 aromatic heterocycles. The van der Waals surface area contributed by atoms with Gasteiger partial charge in [-0.1, -0.05) is 0 Å². The van der Waals surface area contributed by atoms with Crippen LogP contribution in [0.15, 0.2) is 24.3 Å². The van der Waals surface area contributed by atoms with Gasteiger partial charge in [0.05, 0.1) is 12.6 Å². The van der Waals surface area contributed by atoms with Crippen LogP contribution >= 0.6 is 0 Å². The fraction of sp³-hybridized carbons (Fsp3) is 0.579. The van der Waals surface area contributed by atoms with Crippen LogP contribution in [0, 0.1) is 0 Å². The molecule has 2 heterocycles. The van der Waals surface area contributed by atoms with E-state index in [2.05, 4.69) is 22.6 Å². The summed E-state index contributed by atoms with van der Waals surface area (Å²) in [5, 5.41) is 5.14. The second-order valence-corrected chi connectivity index (χ2v) is 7.53. The molecule has 2 amide bonds. The molecule has 8 heteroatoms. The number of anilines is 1. The van der Waals surface area contributed by atoms with Crippen LogP contribution in [0.3, 0.4) is 0 Å². The Hall–Kier alpha value is -2.06. The highest BCUT2D eigenvalue weighted by Crippen LogP contribution is 2.26. The van der Waals surface area contributed by atoms with E-state index in [-0.39, 0.29) is 11.9 Å². The molecular formula is C19H26F2N4O2. The molecule has 0 radical (unpaired) electrons. The molecule has 2 N–H and O–H groups in total. The SMILES string of the molecule is CN1CCCC(N(C)C(=O)c2ccc(NC(=O)C3CC(F)(F)CN3)cc2)C1. The van der Waals surface area contributed by atoms with Gasteiger partial charge in [-0.15, -0.1) is 0 Å². The highest BCUT2D eigenvalue weighted by molar-refractivity contribution is 5.97. The average Bonchev–Trinajstić information content (AvgIpc) is 3.01. The van der Waals surface area contributed by atoms with Gasteiger partial charge in [-0.2, -0.15) is 0 Å². The second kappa shape index (κ2) is 7.90. The minimum atomic E-state index is -2.85. The Bertz CT molecular complexity index is 695. The van der Waals surface area contributed by atoms with E-state index in [0.717, 1.165) is 25.9 Å². The monoisotopic (exact) mass is 380 g/mol. The number of likely N-dealkylation sites (N-methyl/N-ethyl adjacent to an activating group) is 2. The summed E-state index contributed by atoms with van der Waals surface area (Å²) >= 11 is 0. The first-order chi connectivity index (χ1) is 12.7. The van der Waals surface area contributed by atoms with Gasteiger partial charge in [-0.3, -0.25) is 14.9 Å². The first kappa shape index (κ1) is 19.7. The number of nitrogens with zero attached hydrogens (tertiary/aromatic N) is 2. The van der Waals surface area contributed by atoms with Crippen LogP contribution < -0.4 is 10.6 Å². The topological polar surface area (TPSA) is 64.7 Å². The van der Waals surface area contributed by atoms with E-state index in [1.807, 2.05) is 7.05 Å². The molecule has 2 atom stereocenters. The fourth-order valence-electron chi connectivity index (χ4n) is 3.65. The summed E-state index contributed by atoms with van der Waals surface area (Å²) in [7, 11) is 3.87. The summed E-state index contributed by atoms with van der Waals surface area (Å²) < 4.78 is 26.4. The first-order valence-corrected chi connectivity index (χ1v) is 9.23. The predicted octanol–water partition coefficient (Wildman–Crippen LogP) is 1.79. The summed E-state index contributed by atoms with van der Waals surface area (Å²) in [4.78, 5) is 28.8. The van der Waals surface area contributed by atoms with Crippen molar-refractivity contribution in [1.29, 1.82) is 0 Å². The van der Waals surface area contributed by atoms with E-state index in [0.29, 0.717) is 11.3 Å². The van der Waals surface area contributed by atoms with Crippen LogP contribution in [0.25, 0.3) is 0 Å². The number of amides is 2. The van der Waals surface area contributed by atoms with Crippen LogP contribution in [-0.4, -0.2) is 73.4 Å². The van der Waals surface area contributed by atoms with Gasteiger partial charge in [0.1, 0.15) is 0 Å². The van der Waals surface area contributed by atoms with Crippen molar-refractivity contribution >= 4 is 17.5 Å². The van der Waals surface area contributed by atoms with Crippen molar-refractivity contribution in [2.24, 2.45) is 0 Å². The Labute approximate surface area is 157 Å². The Morgan fingerprint density at radius 2 is 2.00 bits per heavy atom. The van der Waals surface area contributed by atoms with E-state index in [9.17, 15) is 18.4 Å². The number of hydrogen-bond donors (Lipinski definition) is 2. The number of alkyl halides is 2. The van der Waals surface area contributed by atoms with E-state index in [1.165, 1.54) is 0 Å². The molecule has 148 valence electrons. The molecule has 2 saturated heterocycles. The van der Waals surface area contributed by atoms with Crippen molar-refractivity contribution in [3.05, 3.63) is 29.8 Å². The maximum absolute atomic E-state index is 13.2. The number of carbonyl (C=O) groups excluding carboxylic acids is 2. The molecule has 6 nitrogen and oxygen atoms in total. The Balaban J connectivity index is 1.58. The Morgan fingerprint density at radius 3 is 2.59 bits per heavy atom. The molecule has 0 bridgehead atoms. The highest BCUT2D eigenvalue weighted by atomic mass is 19.3. The predicted molar refractivity (Wildman–Crippen MR) is 99.0 cm³/mol. The number of piperidine rings is 1. The molecule has 0 spiro atoms. The quantitative estimate of drug-likeness (QED) is 0.836. The zero-order valence-electron chi connectivity index (χ0n) is 15.7. The summed E-state index contributed by atoms with van der Waals surface area (Å²) in [6, 6.07) is 5.83. The number of benzene rings is 1. The number of rotatable bonds is 4. The van der Waals surface area contributed by atoms with Gasteiger partial charge in [0.15, 0.2) is 0 Å². The van der Waals surface area contributed by atoms with E-state index in [4.69, 9.17) is 0 Å². The third kappa shape index (κ3) is 4.81. The molecule has 2 aliphatic heterocycles. The second-order valence-electron chi connectivity index (χ2n) is 7.53. The Kier molecular flexibility index (Phi) is 5.76. The largest absolute Gasteiger partial charge is 0.337 e. The van der Waals surface area contributed by atoms with Gasteiger partial charge >= 0.3 is 0 Å². The molecule has 1 aromatic rings. The summed E-state index contributed by atoms with van der Waals surface area (Å²) in [5.74, 6) is -3.41. The lowest BCUT2D eigenvalue weighted by molar-refractivity contribution is -0.118. The molecule has 2 unspecified atom stereocenters. The lowest BCUT2D eigenvalue weighted by Gasteiger charge is -2.35. The maximum Gasteiger partial charge on any atom is 0.262 e. The van der Waals surface area contributed by atoms with Gasteiger partial charge in [0.2, 0.25) is 5.91 Å². The molecule has 2 fully saturated rings. The molecular weight excluding hydrogens is 354 g/mol. The average molecular weight is 380 g/mol. The van der Waals surface area contributed by atoms with E-state index in [1.54, 1.807) is 29.2 Å². The first-order valence-electron chi connectivity index (χ1n) is 9.23. The lowest BCUT2D eigenvalue weighted by atomic mass is 10.0. The minimum Gasteiger partial charge on any atom is -0.337 e. The van der Waals surface area contributed by atoms with Gasteiger partial charge in [0, 0.05) is 37.3 Å². The minimum absolute atomic E-state index is 0.0646. The van der Waals surface area contributed by atoms with Crippen molar-refractivity contribution in [1.82, 2.24) is 15.1 Å². The molecule has 0 aliphatic carbocycles. The molecule has 2 aliphatic rings. The van der Waals surface area contributed by atoms with E-state index < -0.39 is 30.8 Å². The molecule has 0 saturated carbocycles. The van der Waals surface area contributed by atoms with E-state index >= 15 is 0 Å². The molecule has 3 rings (SSSR count). The Morgan fingerprint density at radius 1 is 1.30 bits per heavy atom. The fourth-order valence-corrected chi connectivity index (χ4v) is 3.65. The van der Waals surface area contributed by atoms with Crippen molar-refractivity contribution in [2.75, 3.05) is 39.0 Å². The van der Waals surface area contributed by atoms with Crippen molar-refractivity contribution in [3.63, 3.8) is 0 Å². The maximum atomic E-state index is 13.2. The number of likely N-dealkylation sites (tertiary alicyclic amines) is 1. The van der Waals surface area contributed by atoms with Crippen LogP contribution in [0.4, 0.5) is 14.5 Å². The number of nitrogens with one attached hydrogen (secondary N) is 2. The standard InChI is InChI=1S/C19H26F2N4O2/c1-24-9-3-4-15(11-24)25(2)18(27)13-5-7-14(8-6-13)23-17(26)16-10-19(20,21)12-22-16/h5-8,15-16,22H,3-4,9-12H2,1-2H3,(H,23,26). The smallest absolute Gasteiger partial charge is 0.262 e. The number of halogens is 2. The van der Waals surface area contributed by atoms with Crippen LogP contribution in [0.5, 0.6) is 0 Å². The normalized spacial score (nSPS) is 25.2. The van der Waals surface area contributed by atoms with Gasteiger partial charge < -0.3 is 15.1 Å². The number of carbonyl (C=O) groups is 2. The molecule has 1 aromatic carbocycles. The van der Waals surface area contributed by atoms with Gasteiger partial charge in [-0.05, 0) is 50.7 Å². The third-order valence-electron chi connectivity index (χ3n) is 5.29. The molecule has 27 heavy (non-hydrogen) atoms. The van der Waals surface area contributed by atoms with Crippen LogP contribution in [0.2, 0.25) is 0 Å². The number of hydrogen-bond acceptors (Lipinski definition) is 4. The highest BCUT2D eigenvalue weighted by Gasteiger charge is 2.42. The summed E-state index contributed by atoms with van der Waals surface area (Å²) in [6.07, 6.45) is 1.55. The van der Waals surface area contributed by atoms with Crippen LogP contribution in [0.1, 0.15) is 29.6 Å². The summed E-state index contributed by atoms with van der Waals surface area (Å²) in [6.45, 7) is 1.42. The van der Waals surface area contributed by atoms with Crippen molar-refractivity contribution < 1.29 is 18.4 Å². The van der Waals surface area contributed by atoms with Crippen molar-refractivity contribution in [2.45, 2.75) is 37.3 Å². The van der Waals surface area contributed by atoms with Gasteiger partial charge in [0.25, 0.3) is 11.8 Å². The lowest BCUT2D eigenvalue weighted by Crippen LogP contribution is -2.47. The zero-order valence-corrected chi connectivity index (χ0v) is 15.7. The third-order valence-corrected chi connectivity index (χ3v) is 5.29. The van der Waals surface area contributed by atoms with Crippen LogP contribution in [-0.2, 0) is 4.79 Å². The van der Waals surface area contributed by atoms with Gasteiger partial charge in [-0.25, -0.2) is 8.78 Å². The van der Waals surface area contributed by atoms with Crippen molar-refractivity contribution in [3.8, 4) is 0 Å². The summed E-state index contributed by atoms with van der Waals surface area (Å²) in [5.41, 5.74) is 1.02. The zero-order chi connectivity index (χ0) is 19.6.